The summed E-state index contributed by atoms with van der Waals surface area (Å²) in [6.45, 7) is 50.8. The van der Waals surface area contributed by atoms with Crippen LogP contribution >= 0.6 is 68.0 Å². The summed E-state index contributed by atoms with van der Waals surface area (Å²) in [4.78, 5) is 19.8. The zero-order valence-electron chi connectivity index (χ0n) is 56.7. The van der Waals surface area contributed by atoms with E-state index >= 15 is 0 Å². The van der Waals surface area contributed by atoms with E-state index < -0.39 is 11.8 Å². The molecule has 10 aromatic rings. The van der Waals surface area contributed by atoms with Crippen LogP contribution in [0.5, 0.6) is 0 Å². The minimum absolute atomic E-state index is 0.167. The van der Waals surface area contributed by atoms with Crippen LogP contribution in [0.25, 0.3) is 47.0 Å². The van der Waals surface area contributed by atoms with Gasteiger partial charge in [0.1, 0.15) is 10.0 Å². The Morgan fingerprint density at radius 1 is 0.494 bits per heavy atom. The number of aromatic nitrogens is 10. The number of halogens is 2. The Kier molecular flexibility index (Phi) is 25.7. The number of aryl methyl sites for hydroxylation is 3. The first-order valence-corrected chi connectivity index (χ1v) is 35.6. The van der Waals surface area contributed by atoms with Crippen molar-refractivity contribution in [1.82, 2.24) is 50.5 Å². The van der Waals surface area contributed by atoms with Crippen LogP contribution in [-0.2, 0) is 5.92 Å². The number of nitrogens with one attached hydrogen (secondary N) is 1. The van der Waals surface area contributed by atoms with Crippen LogP contribution in [-0.4, -0.2) is 57.6 Å². The van der Waals surface area contributed by atoms with Gasteiger partial charge in [0.2, 0.25) is 11.7 Å². The summed E-state index contributed by atoms with van der Waals surface area (Å²) in [6, 6.07) is 11.5. The van der Waals surface area contributed by atoms with E-state index in [2.05, 4.69) is 214 Å². The molecule has 0 aliphatic rings. The standard InChI is InChI=1S/C14H18F2N2OS.C14H20N2OS.C13H19N3S.C13H18N2OS.C13H18N2S2/c1-7(2)9-6-10(20-11(9)8(3)4)12-17-18-13(19-12)14(5,15)16;1-8(2)10-6-12(18-13(10)9(3)4)11-7-16-14(15-5)17-11;1-8(2)11-6-12(17-13(11)9(3)4)16-7-10(5)14-15-16;1-7(2)10-6-11(17-12(10)8(3)4)13-14-9(5)16-15-13;1-7(2)10-6-11(17-12(10)8(3)4)13-15-14-9(5)16-13/h6-8H,1-5H3;6-9H,1-5H3,(H,15,16);6-9H,1-5H3;2*6-8H,1-5H3. The SMILES string of the molecule is CC(C)c1cc(-c2nnc(C(C)(F)F)o2)sc1C(C)C.CNc1ncc(-c2cc(C(C)C)c(C(C)C)s2)o1.Cc1cn(-c2cc(C(C)C)c(C(C)C)s2)nn1.Cc1nc(-c2cc(C(C)C)c(C(C)C)s2)no1.Cc1nnc(-c2cc(C(C)C)c(C(C)C)s2)s1. The zero-order valence-corrected chi connectivity index (χ0v) is 61.6. The van der Waals surface area contributed by atoms with Gasteiger partial charge in [-0.3, -0.25) is 0 Å². The van der Waals surface area contributed by atoms with Crippen molar-refractivity contribution in [2.24, 2.45) is 0 Å². The first-order valence-electron chi connectivity index (χ1n) is 30.7. The van der Waals surface area contributed by atoms with Crippen LogP contribution in [0.1, 0.15) is 279 Å². The van der Waals surface area contributed by atoms with Gasteiger partial charge in [0.25, 0.3) is 17.8 Å². The van der Waals surface area contributed by atoms with Crippen LogP contribution in [0, 0.1) is 20.8 Å². The lowest BCUT2D eigenvalue weighted by Crippen LogP contribution is -2.06. The minimum atomic E-state index is -3.11. The van der Waals surface area contributed by atoms with Gasteiger partial charge < -0.3 is 18.7 Å². The molecule has 1 N–H and O–H groups in total. The third-order valence-corrected chi connectivity index (χ3v) is 22.2. The normalized spacial score (nSPS) is 11.9. The molecule has 0 fully saturated rings. The first kappa shape index (κ1) is 72.4. The lowest BCUT2D eigenvalue weighted by atomic mass is 9.99. The fourth-order valence-corrected chi connectivity index (χ4v) is 16.4. The molecular formula is C67H93F2N11O3S6. The number of oxazole rings is 1. The van der Waals surface area contributed by atoms with Crippen molar-refractivity contribution in [2.75, 3.05) is 12.4 Å². The fraction of sp³-hybridized carbons (Fsp3) is 0.537. The van der Waals surface area contributed by atoms with Gasteiger partial charge >= 0.3 is 5.92 Å². The van der Waals surface area contributed by atoms with Gasteiger partial charge in [0.15, 0.2) is 10.8 Å². The Bertz CT molecular complexity index is 3440. The van der Waals surface area contributed by atoms with Crippen molar-refractivity contribution in [2.45, 2.75) is 231 Å². The highest BCUT2D eigenvalue weighted by Gasteiger charge is 2.33. The van der Waals surface area contributed by atoms with Gasteiger partial charge in [-0.25, -0.2) is 9.67 Å². The molecule has 0 saturated carbocycles. The Hall–Kier alpha value is -5.65. The molecule has 484 valence electrons. The molecule has 10 aromatic heterocycles. The summed E-state index contributed by atoms with van der Waals surface area (Å²) in [6.07, 6.45) is 3.76. The number of rotatable bonds is 17. The third-order valence-electron chi connectivity index (χ3n) is 14.0. The number of anilines is 1. The summed E-state index contributed by atoms with van der Waals surface area (Å²) in [5.41, 5.74) is 7.90. The van der Waals surface area contributed by atoms with Gasteiger partial charge in [-0.05, 0) is 131 Å². The first-order chi connectivity index (χ1) is 41.7. The van der Waals surface area contributed by atoms with Crippen LogP contribution in [0.15, 0.2) is 56.1 Å². The molecule has 89 heavy (non-hydrogen) atoms. The van der Waals surface area contributed by atoms with E-state index in [4.69, 9.17) is 13.4 Å². The Balaban J connectivity index is 0.000000178. The summed E-state index contributed by atoms with van der Waals surface area (Å²) in [5, 5.41) is 33.8. The lowest BCUT2D eigenvalue weighted by molar-refractivity contribution is -0.0105. The second kappa shape index (κ2) is 31.6. The zero-order chi connectivity index (χ0) is 66.1. The van der Waals surface area contributed by atoms with Crippen LogP contribution in [0.2, 0.25) is 0 Å². The number of nitrogens with zero attached hydrogens (tertiary/aromatic N) is 10. The number of thiophene rings is 5. The topological polar surface area (TPSA) is 172 Å². The molecule has 14 nitrogen and oxygen atoms in total. The van der Waals surface area contributed by atoms with E-state index in [1.807, 2.05) is 78.8 Å². The van der Waals surface area contributed by atoms with E-state index in [1.54, 1.807) is 28.9 Å². The maximum absolute atomic E-state index is 13.1. The molecule has 22 heteroatoms. The summed E-state index contributed by atoms with van der Waals surface area (Å²) in [5.74, 6) is 3.78. The molecule has 0 aromatic carbocycles. The van der Waals surface area contributed by atoms with Gasteiger partial charge in [-0.2, -0.15) is 13.8 Å². The second-order valence-corrected chi connectivity index (χ2v) is 31.9. The molecule has 0 saturated heterocycles. The molecule has 0 bridgehead atoms. The average molecular weight is 1330 g/mol. The van der Waals surface area contributed by atoms with Crippen molar-refractivity contribution >= 4 is 74.0 Å². The highest BCUT2D eigenvalue weighted by Crippen LogP contribution is 2.44. The minimum Gasteiger partial charge on any atom is -0.423 e. The number of hydrogen-bond acceptors (Lipinski definition) is 19. The Morgan fingerprint density at radius 3 is 1.33 bits per heavy atom. The quantitative estimate of drug-likeness (QED) is 0.0913. The lowest BCUT2D eigenvalue weighted by Gasteiger charge is -2.08. The van der Waals surface area contributed by atoms with E-state index in [0.717, 1.165) is 48.0 Å². The van der Waals surface area contributed by atoms with Gasteiger partial charge in [0, 0.05) is 45.3 Å². The van der Waals surface area contributed by atoms with Gasteiger partial charge in [-0.1, -0.05) is 160 Å². The Labute approximate surface area is 550 Å². The smallest absolute Gasteiger partial charge is 0.321 e. The van der Waals surface area contributed by atoms with Crippen molar-refractivity contribution in [3.63, 3.8) is 0 Å². The Morgan fingerprint density at radius 2 is 0.944 bits per heavy atom. The molecule has 0 atom stereocenters. The monoisotopic (exact) mass is 1330 g/mol. The largest absolute Gasteiger partial charge is 0.423 e. The highest BCUT2D eigenvalue weighted by molar-refractivity contribution is 7.21. The summed E-state index contributed by atoms with van der Waals surface area (Å²) < 4.78 is 43.9. The predicted octanol–water partition coefficient (Wildman–Crippen LogP) is 22.9. The third kappa shape index (κ3) is 19.0. The van der Waals surface area contributed by atoms with E-state index in [9.17, 15) is 8.78 Å². The van der Waals surface area contributed by atoms with E-state index in [-0.39, 0.29) is 5.89 Å². The number of hydrogen-bond donors (Lipinski definition) is 1. The van der Waals surface area contributed by atoms with Gasteiger partial charge in [-0.15, -0.1) is 82.2 Å². The van der Waals surface area contributed by atoms with Crippen LogP contribution in [0.3, 0.4) is 0 Å². The predicted molar refractivity (Wildman–Crippen MR) is 372 cm³/mol. The molecular weight excluding hydrogens is 1240 g/mol. The molecule has 0 unspecified atom stereocenters. The van der Waals surface area contributed by atoms with Crippen molar-refractivity contribution in [3.05, 3.63) is 117 Å². The number of alkyl halides is 2. The summed E-state index contributed by atoms with van der Waals surface area (Å²) in [7, 11) is 1.81. The molecule has 10 heterocycles. The fourth-order valence-electron chi connectivity index (χ4n) is 9.40. The molecule has 0 radical (unpaired) electrons. The van der Waals surface area contributed by atoms with Crippen LogP contribution < -0.4 is 5.32 Å². The maximum atomic E-state index is 13.1. The van der Waals surface area contributed by atoms with E-state index in [1.165, 1.54) is 68.4 Å². The van der Waals surface area contributed by atoms with Gasteiger partial charge in [0.05, 0.1) is 37.6 Å². The summed E-state index contributed by atoms with van der Waals surface area (Å²) >= 11 is 10.5. The maximum Gasteiger partial charge on any atom is 0.321 e. The highest BCUT2D eigenvalue weighted by atomic mass is 32.1. The van der Waals surface area contributed by atoms with Crippen LogP contribution in [0.4, 0.5) is 14.8 Å². The van der Waals surface area contributed by atoms with E-state index in [0.29, 0.717) is 76.9 Å². The molecule has 0 aliphatic heterocycles. The molecule has 0 spiro atoms. The van der Waals surface area contributed by atoms with Crippen molar-refractivity contribution < 1.29 is 22.1 Å². The van der Waals surface area contributed by atoms with Crippen molar-refractivity contribution in [1.29, 1.82) is 0 Å². The molecule has 0 amide bonds. The second-order valence-electron chi connectivity index (χ2n) is 25.3. The van der Waals surface area contributed by atoms with Crippen molar-refractivity contribution in [3.8, 4) is 47.0 Å². The molecule has 10 rings (SSSR count). The average Bonchev–Trinajstić information content (AvgIpc) is 2.83. The molecule has 0 aliphatic carbocycles.